The third-order valence-corrected chi connectivity index (χ3v) is 4.00. The molecule has 3 aromatic rings. The van der Waals surface area contributed by atoms with Gasteiger partial charge in [-0.3, -0.25) is 0 Å². The van der Waals surface area contributed by atoms with E-state index >= 15 is 0 Å². The number of fused-ring (bicyclic) bond motifs is 1. The number of hydrogen-bond donors (Lipinski definition) is 1. The lowest BCUT2D eigenvalue weighted by Gasteiger charge is -2.10. The van der Waals surface area contributed by atoms with Crippen LogP contribution in [0.15, 0.2) is 48.5 Å². The third-order valence-electron chi connectivity index (χ3n) is 4.00. The molecule has 5 heteroatoms. The molecule has 0 unspecified atom stereocenters. The van der Waals surface area contributed by atoms with Gasteiger partial charge in [-0.15, -0.1) is 0 Å². The molecule has 3 rings (SSSR count). The Morgan fingerprint density at radius 1 is 0.960 bits per heavy atom. The molecule has 0 aliphatic rings. The summed E-state index contributed by atoms with van der Waals surface area (Å²) in [5, 5.41) is 21.1. The third kappa shape index (κ3) is 2.98. The number of diazo groups is 1. The van der Waals surface area contributed by atoms with Crippen molar-refractivity contribution in [1.82, 2.24) is 0 Å². The molecule has 0 amide bonds. The van der Waals surface area contributed by atoms with Crippen molar-refractivity contribution in [2.45, 2.75) is 0 Å². The maximum absolute atomic E-state index is 10.6. The predicted octanol–water partition coefficient (Wildman–Crippen LogP) is 5.22. The summed E-state index contributed by atoms with van der Waals surface area (Å²) < 4.78 is 10.7. The Morgan fingerprint density at radius 3 is 2.28 bits per heavy atom. The van der Waals surface area contributed by atoms with Crippen LogP contribution in [0.3, 0.4) is 0 Å². The second-order valence-electron chi connectivity index (χ2n) is 5.40. The van der Waals surface area contributed by atoms with E-state index in [9.17, 15) is 10.5 Å². The number of aromatic hydroxyl groups is 1. The number of benzene rings is 3. The Labute approximate surface area is 145 Å². The van der Waals surface area contributed by atoms with E-state index in [1.807, 2.05) is 36.4 Å². The zero-order chi connectivity index (χ0) is 17.8. The van der Waals surface area contributed by atoms with Gasteiger partial charge < -0.3 is 14.6 Å². The van der Waals surface area contributed by atoms with Crippen LogP contribution < -0.4 is 9.47 Å². The van der Waals surface area contributed by atoms with Gasteiger partial charge in [-0.25, -0.2) is 0 Å². The monoisotopic (exact) mass is 333 g/mol. The average Bonchev–Trinajstić information content (AvgIpc) is 2.66. The number of hydrogen-bond acceptors (Lipinski definition) is 4. The molecule has 0 saturated carbocycles. The lowest BCUT2D eigenvalue weighted by molar-refractivity contribution is 0.408. The fourth-order valence-corrected chi connectivity index (χ4v) is 2.78. The smallest absolute Gasteiger partial charge is 0.433 e. The van der Waals surface area contributed by atoms with Crippen LogP contribution in [0.5, 0.6) is 17.2 Å². The highest BCUT2D eigenvalue weighted by Gasteiger charge is 2.25. The number of methoxy groups -OCH3 is 2. The van der Waals surface area contributed by atoms with Crippen LogP contribution in [0.25, 0.3) is 27.9 Å². The van der Waals surface area contributed by atoms with Crippen LogP contribution in [-0.2, 0) is 0 Å². The van der Waals surface area contributed by atoms with Gasteiger partial charge in [0.05, 0.1) is 25.2 Å². The first-order valence-corrected chi connectivity index (χ1v) is 7.68. The summed E-state index contributed by atoms with van der Waals surface area (Å²) in [6.07, 6.45) is 3.66. The van der Waals surface area contributed by atoms with Gasteiger partial charge in [-0.2, -0.15) is 0 Å². The minimum atomic E-state index is -0.163. The summed E-state index contributed by atoms with van der Waals surface area (Å²) in [5.74, 6) is 0.894. The van der Waals surface area contributed by atoms with Crippen molar-refractivity contribution in [3.63, 3.8) is 0 Å². The topological polar surface area (TPSA) is 66.8 Å². The summed E-state index contributed by atoms with van der Waals surface area (Å²) in [6, 6.07) is 15.0. The summed E-state index contributed by atoms with van der Waals surface area (Å²) in [6.45, 7) is 0. The van der Waals surface area contributed by atoms with Crippen molar-refractivity contribution in [3.8, 4) is 17.2 Å². The molecule has 0 aliphatic heterocycles. The first-order chi connectivity index (χ1) is 12.2. The molecule has 0 aliphatic carbocycles. The summed E-state index contributed by atoms with van der Waals surface area (Å²) in [7, 11) is 3.07. The standard InChI is InChI=1S/C20H16N2O3/c1-24-16-10-11-17(25-2)18-15(16)12-14(19(22-21)20(18)23)9-8-13-6-4-3-5-7-13/h3-12H,1-2H3/p+1/b9-8+. The molecule has 0 aromatic heterocycles. The van der Waals surface area contributed by atoms with E-state index in [1.165, 1.54) is 7.11 Å². The minimum absolute atomic E-state index is 0.0752. The minimum Gasteiger partial charge on any atom is -0.501 e. The van der Waals surface area contributed by atoms with E-state index in [0.717, 1.165) is 5.56 Å². The zero-order valence-electron chi connectivity index (χ0n) is 13.9. The summed E-state index contributed by atoms with van der Waals surface area (Å²) in [4.78, 5) is 3.27. The Morgan fingerprint density at radius 2 is 1.64 bits per heavy atom. The maximum Gasteiger partial charge on any atom is 0.433 e. The number of nitrogens with zero attached hydrogens (tertiary/aromatic N) is 2. The van der Waals surface area contributed by atoms with Crippen LogP contribution in [0.1, 0.15) is 11.1 Å². The highest BCUT2D eigenvalue weighted by Crippen LogP contribution is 2.46. The van der Waals surface area contributed by atoms with Crippen molar-refractivity contribution in [2.24, 2.45) is 0 Å². The van der Waals surface area contributed by atoms with Crippen LogP contribution in [0, 0.1) is 5.39 Å². The number of rotatable bonds is 4. The van der Waals surface area contributed by atoms with Crippen LogP contribution in [0.2, 0.25) is 0 Å². The molecule has 0 heterocycles. The largest absolute Gasteiger partial charge is 0.501 e. The Kier molecular flexibility index (Phi) is 4.53. The van der Waals surface area contributed by atoms with E-state index in [0.29, 0.717) is 27.8 Å². The van der Waals surface area contributed by atoms with Gasteiger partial charge in [0.2, 0.25) is 11.1 Å². The summed E-state index contributed by atoms with van der Waals surface area (Å²) in [5.41, 5.74) is 1.62. The Balaban J connectivity index is 2.26. The van der Waals surface area contributed by atoms with E-state index in [-0.39, 0.29) is 11.4 Å². The van der Waals surface area contributed by atoms with Gasteiger partial charge in [0, 0.05) is 5.39 Å². The number of phenols is 1. The zero-order valence-corrected chi connectivity index (χ0v) is 13.9. The normalized spacial score (nSPS) is 10.8. The molecular formula is C20H17N2O3+. The predicted molar refractivity (Wildman–Crippen MR) is 98.8 cm³/mol. The van der Waals surface area contributed by atoms with E-state index in [1.54, 1.807) is 31.4 Å². The van der Waals surface area contributed by atoms with Gasteiger partial charge in [-0.05, 0) is 29.8 Å². The van der Waals surface area contributed by atoms with Crippen LogP contribution in [-0.4, -0.2) is 19.3 Å². The van der Waals surface area contributed by atoms with Gasteiger partial charge in [0.25, 0.3) is 0 Å². The molecular weight excluding hydrogens is 316 g/mol. The van der Waals surface area contributed by atoms with E-state index in [2.05, 4.69) is 4.98 Å². The fraction of sp³-hybridized carbons (Fsp3) is 0.100. The second kappa shape index (κ2) is 6.93. The van der Waals surface area contributed by atoms with Crippen molar-refractivity contribution in [2.75, 3.05) is 14.2 Å². The molecule has 0 fully saturated rings. The molecule has 0 bridgehead atoms. The molecule has 0 atom stereocenters. The fourth-order valence-electron chi connectivity index (χ4n) is 2.78. The maximum atomic E-state index is 10.6. The van der Waals surface area contributed by atoms with Gasteiger partial charge in [-0.1, -0.05) is 36.4 Å². The molecule has 124 valence electrons. The van der Waals surface area contributed by atoms with Crippen LogP contribution in [0.4, 0.5) is 5.69 Å². The average molecular weight is 333 g/mol. The van der Waals surface area contributed by atoms with Crippen LogP contribution >= 0.6 is 0 Å². The first-order valence-electron chi connectivity index (χ1n) is 7.68. The number of ether oxygens (including phenoxy) is 2. The SMILES string of the molecule is COc1ccc(OC)c2c(O)c([N+]#N)c(/C=C/c3ccccc3)cc12. The van der Waals surface area contributed by atoms with E-state index < -0.39 is 0 Å². The molecule has 3 aromatic carbocycles. The lowest BCUT2D eigenvalue weighted by Crippen LogP contribution is -1.91. The summed E-state index contributed by atoms with van der Waals surface area (Å²) >= 11 is 0. The molecule has 0 spiro atoms. The van der Waals surface area contributed by atoms with Gasteiger partial charge >= 0.3 is 5.69 Å². The van der Waals surface area contributed by atoms with Crippen molar-refractivity contribution < 1.29 is 14.6 Å². The highest BCUT2D eigenvalue weighted by atomic mass is 16.5. The quantitative estimate of drug-likeness (QED) is 0.525. The highest BCUT2D eigenvalue weighted by molar-refractivity contribution is 6.04. The van der Waals surface area contributed by atoms with Crippen molar-refractivity contribution >= 4 is 28.6 Å². The first kappa shape index (κ1) is 16.3. The van der Waals surface area contributed by atoms with E-state index in [4.69, 9.17) is 9.47 Å². The van der Waals surface area contributed by atoms with Crippen molar-refractivity contribution in [1.29, 1.82) is 5.39 Å². The molecule has 0 radical (unpaired) electrons. The Bertz CT molecular complexity index is 989. The molecule has 5 nitrogen and oxygen atoms in total. The lowest BCUT2D eigenvalue weighted by atomic mass is 10.0. The molecule has 0 saturated heterocycles. The van der Waals surface area contributed by atoms with Gasteiger partial charge in [0.1, 0.15) is 11.5 Å². The second-order valence-corrected chi connectivity index (χ2v) is 5.40. The molecule has 1 N–H and O–H groups in total. The molecule has 25 heavy (non-hydrogen) atoms. The Hall–Kier alpha value is -3.52. The van der Waals surface area contributed by atoms with Crippen molar-refractivity contribution in [3.05, 3.63) is 64.6 Å². The number of phenolic OH excluding ortho intramolecular Hbond substituents is 1. The van der Waals surface area contributed by atoms with Gasteiger partial charge in [0.15, 0.2) is 4.98 Å².